The molecule has 0 radical (unpaired) electrons. The third kappa shape index (κ3) is 4.21. The lowest BCUT2D eigenvalue weighted by molar-refractivity contribution is -0.143. The standard InChI is InChI=1S/C20H21NO5/c1-14(19(23)21-10-12-25-13-11-21)26-20(24)17-4-2-15(3-5-17)16-6-8-18(22)9-7-16/h2-9,14,22H,10-13H2,1H3/t14-/m0/s1. The van der Waals surface area contributed by atoms with Crippen molar-refractivity contribution in [3.63, 3.8) is 0 Å². The van der Waals surface area contributed by atoms with Gasteiger partial charge in [0.1, 0.15) is 5.75 Å². The van der Waals surface area contributed by atoms with Crippen LogP contribution in [0.25, 0.3) is 11.1 Å². The number of hydrogen-bond donors (Lipinski definition) is 1. The molecule has 6 heteroatoms. The molecule has 1 atom stereocenters. The highest BCUT2D eigenvalue weighted by Gasteiger charge is 2.25. The van der Waals surface area contributed by atoms with E-state index in [1.807, 2.05) is 0 Å². The second kappa shape index (κ2) is 8.01. The Labute approximate surface area is 152 Å². The van der Waals surface area contributed by atoms with Gasteiger partial charge in [-0.15, -0.1) is 0 Å². The number of hydrogen-bond acceptors (Lipinski definition) is 5. The minimum Gasteiger partial charge on any atom is -0.508 e. The number of esters is 1. The number of aromatic hydroxyl groups is 1. The van der Waals surface area contributed by atoms with Gasteiger partial charge in [-0.1, -0.05) is 24.3 Å². The Balaban J connectivity index is 1.62. The van der Waals surface area contributed by atoms with Crippen LogP contribution in [0.2, 0.25) is 0 Å². The highest BCUT2D eigenvalue weighted by Crippen LogP contribution is 2.22. The highest BCUT2D eigenvalue weighted by atomic mass is 16.5. The molecular weight excluding hydrogens is 334 g/mol. The first-order valence-corrected chi connectivity index (χ1v) is 8.51. The summed E-state index contributed by atoms with van der Waals surface area (Å²) in [5, 5.41) is 9.34. The molecule has 1 N–H and O–H groups in total. The Kier molecular flexibility index (Phi) is 5.53. The zero-order chi connectivity index (χ0) is 18.5. The number of phenols is 1. The summed E-state index contributed by atoms with van der Waals surface area (Å²) in [5.41, 5.74) is 2.23. The maximum Gasteiger partial charge on any atom is 0.338 e. The normalized spacial score (nSPS) is 15.3. The van der Waals surface area contributed by atoms with Gasteiger partial charge in [0.2, 0.25) is 0 Å². The SMILES string of the molecule is C[C@H](OC(=O)c1ccc(-c2ccc(O)cc2)cc1)C(=O)N1CCOCC1. The highest BCUT2D eigenvalue weighted by molar-refractivity contribution is 5.92. The van der Waals surface area contributed by atoms with Gasteiger partial charge in [-0.25, -0.2) is 4.79 Å². The van der Waals surface area contributed by atoms with Crippen molar-refractivity contribution in [2.45, 2.75) is 13.0 Å². The predicted octanol–water partition coefficient (Wildman–Crippen LogP) is 2.46. The van der Waals surface area contributed by atoms with Crippen LogP contribution in [-0.2, 0) is 14.3 Å². The van der Waals surface area contributed by atoms with E-state index in [0.29, 0.717) is 31.9 Å². The minimum atomic E-state index is -0.836. The van der Waals surface area contributed by atoms with Crippen molar-refractivity contribution in [2.75, 3.05) is 26.3 Å². The van der Waals surface area contributed by atoms with Gasteiger partial charge in [-0.05, 0) is 42.3 Å². The summed E-state index contributed by atoms with van der Waals surface area (Å²) in [7, 11) is 0. The van der Waals surface area contributed by atoms with Gasteiger partial charge in [0.15, 0.2) is 6.10 Å². The molecule has 0 spiro atoms. The smallest absolute Gasteiger partial charge is 0.338 e. The van der Waals surface area contributed by atoms with E-state index in [1.54, 1.807) is 60.4 Å². The first kappa shape index (κ1) is 17.9. The van der Waals surface area contributed by atoms with Crippen LogP contribution in [0.1, 0.15) is 17.3 Å². The van der Waals surface area contributed by atoms with E-state index in [1.165, 1.54) is 0 Å². The van der Waals surface area contributed by atoms with Crippen molar-refractivity contribution < 1.29 is 24.2 Å². The Morgan fingerprint density at radius 2 is 1.54 bits per heavy atom. The first-order valence-electron chi connectivity index (χ1n) is 8.51. The Bertz CT molecular complexity index is 764. The van der Waals surface area contributed by atoms with Crippen molar-refractivity contribution in [3.05, 3.63) is 54.1 Å². The number of benzene rings is 2. The zero-order valence-electron chi connectivity index (χ0n) is 14.6. The summed E-state index contributed by atoms with van der Waals surface area (Å²) < 4.78 is 10.5. The van der Waals surface area contributed by atoms with Gasteiger partial charge < -0.3 is 19.5 Å². The van der Waals surface area contributed by atoms with E-state index in [-0.39, 0.29) is 11.7 Å². The lowest BCUT2D eigenvalue weighted by atomic mass is 10.0. The van der Waals surface area contributed by atoms with Crippen molar-refractivity contribution in [1.82, 2.24) is 4.90 Å². The van der Waals surface area contributed by atoms with Gasteiger partial charge in [-0.2, -0.15) is 0 Å². The molecule has 3 rings (SSSR count). The van der Waals surface area contributed by atoms with E-state index >= 15 is 0 Å². The fourth-order valence-electron chi connectivity index (χ4n) is 2.77. The van der Waals surface area contributed by atoms with Crippen molar-refractivity contribution >= 4 is 11.9 Å². The molecule has 1 fully saturated rings. The monoisotopic (exact) mass is 355 g/mol. The largest absolute Gasteiger partial charge is 0.508 e. The fourth-order valence-corrected chi connectivity index (χ4v) is 2.77. The van der Waals surface area contributed by atoms with E-state index in [0.717, 1.165) is 11.1 Å². The number of rotatable bonds is 4. The molecule has 0 unspecified atom stereocenters. The predicted molar refractivity (Wildman–Crippen MR) is 95.8 cm³/mol. The molecule has 0 aromatic heterocycles. The van der Waals surface area contributed by atoms with Crippen LogP contribution in [0, 0.1) is 0 Å². The second-order valence-electron chi connectivity index (χ2n) is 6.11. The minimum absolute atomic E-state index is 0.202. The van der Waals surface area contributed by atoms with Crippen molar-refractivity contribution in [3.8, 4) is 16.9 Å². The fraction of sp³-hybridized carbons (Fsp3) is 0.300. The third-order valence-corrected chi connectivity index (χ3v) is 4.28. The number of ether oxygens (including phenoxy) is 2. The maximum absolute atomic E-state index is 12.3. The van der Waals surface area contributed by atoms with Crippen LogP contribution in [0.4, 0.5) is 0 Å². The average Bonchev–Trinajstić information content (AvgIpc) is 2.68. The summed E-state index contributed by atoms with van der Waals surface area (Å²) in [5.74, 6) is -0.536. The molecular formula is C20H21NO5. The summed E-state index contributed by atoms with van der Waals surface area (Å²) in [4.78, 5) is 26.2. The molecule has 136 valence electrons. The number of nitrogens with zero attached hydrogens (tertiary/aromatic N) is 1. The summed E-state index contributed by atoms with van der Waals surface area (Å²) in [6, 6.07) is 13.7. The molecule has 1 amide bonds. The van der Waals surface area contributed by atoms with Gasteiger partial charge in [0, 0.05) is 13.1 Å². The van der Waals surface area contributed by atoms with Crippen LogP contribution in [0.15, 0.2) is 48.5 Å². The van der Waals surface area contributed by atoms with Gasteiger partial charge in [0.25, 0.3) is 5.91 Å². The van der Waals surface area contributed by atoms with Gasteiger partial charge in [0.05, 0.1) is 18.8 Å². The van der Waals surface area contributed by atoms with E-state index in [2.05, 4.69) is 0 Å². The Hall–Kier alpha value is -2.86. The molecule has 1 aliphatic rings. The Morgan fingerprint density at radius 1 is 1.00 bits per heavy atom. The van der Waals surface area contributed by atoms with E-state index in [9.17, 15) is 14.7 Å². The topological polar surface area (TPSA) is 76.1 Å². The number of carbonyl (C=O) groups excluding carboxylic acids is 2. The molecule has 0 aliphatic carbocycles. The number of carbonyl (C=O) groups is 2. The molecule has 0 bridgehead atoms. The molecule has 26 heavy (non-hydrogen) atoms. The van der Waals surface area contributed by atoms with E-state index in [4.69, 9.17) is 9.47 Å². The molecule has 0 saturated carbocycles. The molecule has 2 aromatic rings. The molecule has 6 nitrogen and oxygen atoms in total. The van der Waals surface area contributed by atoms with Crippen LogP contribution < -0.4 is 0 Å². The first-order chi connectivity index (χ1) is 12.5. The van der Waals surface area contributed by atoms with Crippen LogP contribution in [0.3, 0.4) is 0 Å². The summed E-state index contributed by atoms with van der Waals surface area (Å²) in [6.07, 6.45) is -0.836. The number of phenolic OH excluding ortho intramolecular Hbond substituents is 1. The second-order valence-corrected chi connectivity index (χ2v) is 6.11. The van der Waals surface area contributed by atoms with Gasteiger partial charge in [-0.3, -0.25) is 4.79 Å². The number of morpholine rings is 1. The number of amides is 1. The maximum atomic E-state index is 12.3. The van der Waals surface area contributed by atoms with Crippen molar-refractivity contribution in [2.24, 2.45) is 0 Å². The van der Waals surface area contributed by atoms with Crippen LogP contribution in [0.5, 0.6) is 5.75 Å². The summed E-state index contributed by atoms with van der Waals surface area (Å²) in [6.45, 7) is 3.63. The van der Waals surface area contributed by atoms with Crippen LogP contribution in [-0.4, -0.2) is 54.3 Å². The molecule has 2 aromatic carbocycles. The zero-order valence-corrected chi connectivity index (χ0v) is 14.6. The lowest BCUT2D eigenvalue weighted by Gasteiger charge is -2.28. The molecule has 1 saturated heterocycles. The van der Waals surface area contributed by atoms with E-state index < -0.39 is 12.1 Å². The lowest BCUT2D eigenvalue weighted by Crippen LogP contribution is -2.46. The third-order valence-electron chi connectivity index (χ3n) is 4.28. The quantitative estimate of drug-likeness (QED) is 0.853. The van der Waals surface area contributed by atoms with Crippen LogP contribution >= 0.6 is 0 Å². The van der Waals surface area contributed by atoms with Gasteiger partial charge >= 0.3 is 5.97 Å². The molecule has 1 heterocycles. The van der Waals surface area contributed by atoms with Crippen molar-refractivity contribution in [1.29, 1.82) is 0 Å². The average molecular weight is 355 g/mol. The molecule has 1 aliphatic heterocycles. The summed E-state index contributed by atoms with van der Waals surface area (Å²) >= 11 is 0. The Morgan fingerprint density at radius 3 is 2.12 bits per heavy atom.